The molecule has 0 aliphatic carbocycles. The van der Waals surface area contributed by atoms with Crippen LogP contribution in [0.1, 0.15) is 30.5 Å². The molecule has 36 heavy (non-hydrogen) atoms. The molecule has 1 heterocycles. The van der Waals surface area contributed by atoms with E-state index in [1.54, 1.807) is 42.5 Å². The molecule has 4 rings (SSSR count). The third kappa shape index (κ3) is 4.64. The average Bonchev–Trinajstić information content (AvgIpc) is 3.17. The second-order valence-electron chi connectivity index (χ2n) is 8.70. The Morgan fingerprint density at radius 3 is 2.39 bits per heavy atom. The highest BCUT2D eigenvalue weighted by Gasteiger charge is 2.47. The Morgan fingerprint density at radius 2 is 1.72 bits per heavy atom. The summed E-state index contributed by atoms with van der Waals surface area (Å²) >= 11 is 0. The molecule has 1 fully saturated rings. The molecule has 0 saturated carbocycles. The molecule has 1 amide bonds. The summed E-state index contributed by atoms with van der Waals surface area (Å²) in [7, 11) is 5.36. The number of methoxy groups -OCH3 is 1. The lowest BCUT2D eigenvalue weighted by atomic mass is 9.94. The molecule has 0 spiro atoms. The van der Waals surface area contributed by atoms with Crippen molar-refractivity contribution >= 4 is 28.8 Å². The lowest BCUT2D eigenvalue weighted by Crippen LogP contribution is -2.29. The van der Waals surface area contributed by atoms with Crippen LogP contribution >= 0.6 is 0 Å². The first-order valence-corrected chi connectivity index (χ1v) is 11.8. The normalized spacial score (nSPS) is 16.8. The van der Waals surface area contributed by atoms with Gasteiger partial charge in [-0.05, 0) is 48.4 Å². The lowest BCUT2D eigenvalue weighted by molar-refractivity contribution is -0.132. The standard InChI is InChI=1S/C29H30N2O5/c1-5-17-36-22-10-8-9-21(18-22)31-26(19-13-15-20(16-14-19)30(2)3)25(28(33)29(31)34)27(32)23-11-6-7-12-24(23)35-4/h6-16,18,26,32H,5,17H2,1-4H3/b27-25+. The number of anilines is 2. The van der Waals surface area contributed by atoms with Crippen LogP contribution in [0.3, 0.4) is 0 Å². The summed E-state index contributed by atoms with van der Waals surface area (Å²) in [5.41, 5.74) is 2.51. The third-order valence-electron chi connectivity index (χ3n) is 6.10. The number of benzene rings is 3. The zero-order valence-electron chi connectivity index (χ0n) is 20.9. The van der Waals surface area contributed by atoms with Gasteiger partial charge in [0.1, 0.15) is 17.3 Å². The monoisotopic (exact) mass is 486 g/mol. The van der Waals surface area contributed by atoms with Crippen LogP contribution in [-0.4, -0.2) is 44.6 Å². The first-order valence-electron chi connectivity index (χ1n) is 11.8. The number of carbonyl (C=O) groups is 2. The Balaban J connectivity index is 1.91. The molecule has 0 bridgehead atoms. The van der Waals surface area contributed by atoms with Gasteiger partial charge >= 0.3 is 0 Å². The minimum atomic E-state index is -0.840. The summed E-state index contributed by atoms with van der Waals surface area (Å²) in [5.74, 6) is -0.769. The zero-order valence-corrected chi connectivity index (χ0v) is 20.9. The Bertz CT molecular complexity index is 1300. The predicted octanol–water partition coefficient (Wildman–Crippen LogP) is 5.18. The first kappa shape index (κ1) is 24.9. The van der Waals surface area contributed by atoms with E-state index >= 15 is 0 Å². The highest BCUT2D eigenvalue weighted by molar-refractivity contribution is 6.51. The largest absolute Gasteiger partial charge is 0.507 e. The number of hydrogen-bond donors (Lipinski definition) is 1. The quantitative estimate of drug-likeness (QED) is 0.269. The summed E-state index contributed by atoms with van der Waals surface area (Å²) < 4.78 is 11.2. The molecule has 3 aromatic carbocycles. The Kier molecular flexibility index (Phi) is 7.29. The van der Waals surface area contributed by atoms with Crippen molar-refractivity contribution in [1.29, 1.82) is 0 Å². The number of aliphatic hydroxyl groups excluding tert-OH is 1. The van der Waals surface area contributed by atoms with Crippen molar-refractivity contribution in [2.24, 2.45) is 0 Å². The van der Waals surface area contributed by atoms with Crippen LogP contribution in [0.25, 0.3) is 5.76 Å². The van der Waals surface area contributed by atoms with Gasteiger partial charge in [-0.25, -0.2) is 0 Å². The number of ketones is 1. The summed E-state index contributed by atoms with van der Waals surface area (Å²) in [5, 5.41) is 11.4. The van der Waals surface area contributed by atoms with E-state index in [2.05, 4.69) is 0 Å². The van der Waals surface area contributed by atoms with Gasteiger partial charge in [0.05, 0.1) is 30.9 Å². The molecule has 7 heteroatoms. The van der Waals surface area contributed by atoms with Crippen LogP contribution in [0.15, 0.2) is 78.4 Å². The molecule has 1 unspecified atom stereocenters. The maximum Gasteiger partial charge on any atom is 0.300 e. The minimum absolute atomic E-state index is 0.00184. The maximum atomic E-state index is 13.4. The minimum Gasteiger partial charge on any atom is -0.507 e. The van der Waals surface area contributed by atoms with Gasteiger partial charge in [0.25, 0.3) is 11.7 Å². The van der Waals surface area contributed by atoms with Gasteiger partial charge in [-0.3, -0.25) is 14.5 Å². The van der Waals surface area contributed by atoms with Gasteiger partial charge in [-0.1, -0.05) is 37.3 Å². The number of hydrogen-bond acceptors (Lipinski definition) is 6. The van der Waals surface area contributed by atoms with Gasteiger partial charge in [0, 0.05) is 31.5 Å². The number of para-hydroxylation sites is 1. The van der Waals surface area contributed by atoms with E-state index in [0.717, 1.165) is 12.1 Å². The van der Waals surface area contributed by atoms with Crippen molar-refractivity contribution < 1.29 is 24.2 Å². The van der Waals surface area contributed by atoms with Crippen molar-refractivity contribution in [3.05, 3.63) is 89.5 Å². The molecule has 186 valence electrons. The van der Waals surface area contributed by atoms with Crippen LogP contribution in [0.5, 0.6) is 11.5 Å². The second-order valence-corrected chi connectivity index (χ2v) is 8.70. The number of nitrogens with zero attached hydrogens (tertiary/aromatic N) is 2. The average molecular weight is 487 g/mol. The molecule has 3 aromatic rings. The molecule has 0 radical (unpaired) electrons. The van der Waals surface area contributed by atoms with Crippen LogP contribution in [0, 0.1) is 0 Å². The number of Topliss-reactive ketones (excluding diaryl/α,β-unsaturated/α-hetero) is 1. The van der Waals surface area contributed by atoms with Gasteiger partial charge in [-0.2, -0.15) is 0 Å². The smallest absolute Gasteiger partial charge is 0.300 e. The van der Waals surface area contributed by atoms with Crippen LogP contribution in [0.2, 0.25) is 0 Å². The SMILES string of the molecule is CCCOc1cccc(N2C(=O)C(=O)/C(=C(/O)c3ccccc3OC)C2c2ccc(N(C)C)cc2)c1. The Labute approximate surface area is 211 Å². The fourth-order valence-electron chi connectivity index (χ4n) is 4.30. The Morgan fingerprint density at radius 1 is 1.00 bits per heavy atom. The van der Waals surface area contributed by atoms with Crippen LogP contribution < -0.4 is 19.3 Å². The molecule has 7 nitrogen and oxygen atoms in total. The Hall–Kier alpha value is -4.26. The first-order chi connectivity index (χ1) is 17.4. The van der Waals surface area contributed by atoms with Crippen molar-refractivity contribution in [3.8, 4) is 11.5 Å². The third-order valence-corrected chi connectivity index (χ3v) is 6.10. The fourth-order valence-corrected chi connectivity index (χ4v) is 4.30. The van der Waals surface area contributed by atoms with Crippen molar-refractivity contribution in [1.82, 2.24) is 0 Å². The van der Waals surface area contributed by atoms with Gasteiger partial charge in [-0.15, -0.1) is 0 Å². The molecule has 1 aliphatic heterocycles. The second kappa shape index (κ2) is 10.6. The van der Waals surface area contributed by atoms with Gasteiger partial charge < -0.3 is 19.5 Å². The molecule has 1 saturated heterocycles. The van der Waals surface area contributed by atoms with E-state index in [-0.39, 0.29) is 11.3 Å². The summed E-state index contributed by atoms with van der Waals surface area (Å²) in [4.78, 5) is 30.3. The fraction of sp³-hybridized carbons (Fsp3) is 0.241. The molecular weight excluding hydrogens is 456 g/mol. The summed E-state index contributed by atoms with van der Waals surface area (Å²) in [6.45, 7) is 2.54. The van der Waals surface area contributed by atoms with E-state index in [1.165, 1.54) is 12.0 Å². The number of rotatable bonds is 8. The zero-order chi connectivity index (χ0) is 25.8. The topological polar surface area (TPSA) is 79.3 Å². The molecular formula is C29H30N2O5. The van der Waals surface area contributed by atoms with E-state index in [0.29, 0.717) is 34.9 Å². The highest BCUT2D eigenvalue weighted by atomic mass is 16.5. The van der Waals surface area contributed by atoms with Crippen LogP contribution in [-0.2, 0) is 9.59 Å². The molecule has 1 N–H and O–H groups in total. The predicted molar refractivity (Wildman–Crippen MR) is 141 cm³/mol. The van der Waals surface area contributed by atoms with E-state index in [1.807, 2.05) is 56.3 Å². The summed E-state index contributed by atoms with van der Waals surface area (Å²) in [6, 6.07) is 20.7. The highest BCUT2D eigenvalue weighted by Crippen LogP contribution is 2.44. The number of amides is 1. The van der Waals surface area contributed by atoms with E-state index < -0.39 is 17.7 Å². The molecule has 0 aromatic heterocycles. The van der Waals surface area contributed by atoms with Crippen molar-refractivity contribution in [2.45, 2.75) is 19.4 Å². The molecule has 1 atom stereocenters. The number of ether oxygens (including phenoxy) is 2. The van der Waals surface area contributed by atoms with Crippen molar-refractivity contribution in [3.63, 3.8) is 0 Å². The lowest BCUT2D eigenvalue weighted by Gasteiger charge is -2.26. The number of carbonyl (C=O) groups excluding carboxylic acids is 2. The number of aliphatic hydroxyl groups is 1. The van der Waals surface area contributed by atoms with E-state index in [4.69, 9.17) is 9.47 Å². The van der Waals surface area contributed by atoms with Crippen LogP contribution in [0.4, 0.5) is 11.4 Å². The summed E-state index contributed by atoms with van der Waals surface area (Å²) in [6.07, 6.45) is 0.839. The maximum absolute atomic E-state index is 13.4. The van der Waals surface area contributed by atoms with Gasteiger partial charge in [0.15, 0.2) is 0 Å². The molecule has 1 aliphatic rings. The van der Waals surface area contributed by atoms with Crippen molar-refractivity contribution in [2.75, 3.05) is 37.6 Å². The van der Waals surface area contributed by atoms with Gasteiger partial charge in [0.2, 0.25) is 0 Å². The van der Waals surface area contributed by atoms with E-state index in [9.17, 15) is 14.7 Å².